The number of esters is 1. The van der Waals surface area contributed by atoms with Crippen LogP contribution in [0.4, 0.5) is 0 Å². The smallest absolute Gasteiger partial charge is 0.319 e. The zero-order valence-corrected chi connectivity index (χ0v) is 15.6. The van der Waals surface area contributed by atoms with Gasteiger partial charge >= 0.3 is 5.97 Å². The second-order valence-corrected chi connectivity index (χ2v) is 9.29. The Morgan fingerprint density at radius 3 is 2.50 bits per heavy atom. The van der Waals surface area contributed by atoms with Gasteiger partial charge in [0.1, 0.15) is 22.7 Å². The second kappa shape index (κ2) is 4.97. The van der Waals surface area contributed by atoms with E-state index in [0.29, 0.717) is 12.8 Å². The van der Waals surface area contributed by atoms with E-state index >= 15 is 0 Å². The molecule has 9 atom stereocenters. The average molecular weight is 364 g/mol. The van der Waals surface area contributed by atoms with Crippen LogP contribution in [0.5, 0.6) is 0 Å². The van der Waals surface area contributed by atoms with Crippen LogP contribution in [0.1, 0.15) is 46.5 Å². The predicted molar refractivity (Wildman–Crippen MR) is 91.8 cm³/mol. The molecule has 0 amide bonds. The number of carbonyl (C=O) groups excluding carboxylic acids is 2. The first-order valence-corrected chi connectivity index (χ1v) is 9.49. The fourth-order valence-corrected chi connectivity index (χ4v) is 6.77. The molecule has 144 valence electrons. The molecule has 1 saturated heterocycles. The highest BCUT2D eigenvalue weighted by Gasteiger charge is 2.80. The lowest BCUT2D eigenvalue weighted by Crippen LogP contribution is -2.81. The van der Waals surface area contributed by atoms with E-state index in [2.05, 4.69) is 6.58 Å². The summed E-state index contributed by atoms with van der Waals surface area (Å²) in [5, 5.41) is 33.3. The SMILES string of the molecule is C=C[C@]1(O)[C@H](C)[C@@H]2CC(=O)[C@@]3(O)[C@@]4(C)C(=O)O[C@H]4CC[C@]3(C)[C@H]2C[C@@H]1O. The van der Waals surface area contributed by atoms with E-state index in [1.165, 1.54) is 6.08 Å². The molecule has 0 aromatic heterocycles. The second-order valence-electron chi connectivity index (χ2n) is 9.29. The van der Waals surface area contributed by atoms with E-state index in [9.17, 15) is 24.9 Å². The van der Waals surface area contributed by atoms with Crippen LogP contribution in [0.25, 0.3) is 0 Å². The van der Waals surface area contributed by atoms with Crippen molar-refractivity contribution in [2.24, 2.45) is 28.6 Å². The van der Waals surface area contributed by atoms with Gasteiger partial charge in [-0.2, -0.15) is 0 Å². The first-order valence-electron chi connectivity index (χ1n) is 9.49. The minimum atomic E-state index is -1.80. The summed E-state index contributed by atoms with van der Waals surface area (Å²) in [7, 11) is 0. The molecular weight excluding hydrogens is 336 g/mol. The average Bonchev–Trinajstić information content (AvgIpc) is 2.61. The summed E-state index contributed by atoms with van der Waals surface area (Å²) in [4.78, 5) is 25.6. The lowest BCUT2D eigenvalue weighted by atomic mass is 9.38. The van der Waals surface area contributed by atoms with Gasteiger partial charge in [-0.25, -0.2) is 0 Å². The van der Waals surface area contributed by atoms with Crippen molar-refractivity contribution in [1.29, 1.82) is 0 Å². The van der Waals surface area contributed by atoms with Gasteiger partial charge in [0.2, 0.25) is 0 Å². The van der Waals surface area contributed by atoms with Gasteiger partial charge in [-0.3, -0.25) is 9.59 Å². The Balaban J connectivity index is 1.83. The number of hydrogen-bond acceptors (Lipinski definition) is 6. The van der Waals surface area contributed by atoms with E-state index < -0.39 is 40.2 Å². The molecule has 1 heterocycles. The Morgan fingerprint density at radius 2 is 1.92 bits per heavy atom. The molecule has 0 spiro atoms. The van der Waals surface area contributed by atoms with E-state index in [4.69, 9.17) is 4.74 Å². The highest BCUT2D eigenvalue weighted by atomic mass is 16.6. The van der Waals surface area contributed by atoms with Gasteiger partial charge < -0.3 is 20.1 Å². The van der Waals surface area contributed by atoms with Gasteiger partial charge in [0.05, 0.1) is 6.10 Å². The molecule has 0 bridgehead atoms. The van der Waals surface area contributed by atoms with Crippen molar-refractivity contribution in [1.82, 2.24) is 0 Å². The minimum absolute atomic E-state index is 0.0797. The standard InChI is InChI=1S/C20H28O6/c1-5-19(24)10(2)11-8-14(22)20(25)17(3,12(11)9-13(19)21)7-6-15-18(20,4)16(23)26-15/h5,10-13,15,21,24-25H,1,6-9H2,2-4H3/t10-,11+,12+,13+,15+,17-,18-,19+,20+/m1/s1. The Kier molecular flexibility index (Phi) is 3.47. The molecule has 0 unspecified atom stereocenters. The maximum absolute atomic E-state index is 13.2. The predicted octanol–water partition coefficient (Wildman–Crippen LogP) is 0.972. The summed E-state index contributed by atoms with van der Waals surface area (Å²) in [5.74, 6) is -1.61. The third-order valence-electron chi connectivity index (χ3n) is 8.69. The van der Waals surface area contributed by atoms with Crippen molar-refractivity contribution in [2.45, 2.75) is 69.9 Å². The largest absolute Gasteiger partial charge is 0.460 e. The first kappa shape index (κ1) is 18.1. The molecule has 3 aliphatic carbocycles. The van der Waals surface area contributed by atoms with Crippen molar-refractivity contribution in [3.63, 3.8) is 0 Å². The number of ether oxygens (including phenoxy) is 1. The van der Waals surface area contributed by atoms with Crippen LogP contribution < -0.4 is 0 Å². The quantitative estimate of drug-likeness (QED) is 0.473. The van der Waals surface area contributed by atoms with Crippen LogP contribution in [0, 0.1) is 28.6 Å². The van der Waals surface area contributed by atoms with Crippen molar-refractivity contribution < 1.29 is 29.6 Å². The molecule has 0 aromatic carbocycles. The number of ketones is 1. The lowest BCUT2D eigenvalue weighted by Gasteiger charge is -2.69. The van der Waals surface area contributed by atoms with E-state index in [1.807, 2.05) is 13.8 Å². The van der Waals surface area contributed by atoms with Gasteiger partial charge in [0, 0.05) is 11.8 Å². The van der Waals surface area contributed by atoms with E-state index in [-0.39, 0.29) is 36.4 Å². The monoisotopic (exact) mass is 364 g/mol. The van der Waals surface area contributed by atoms with Gasteiger partial charge in [-0.05, 0) is 43.9 Å². The number of aliphatic hydroxyl groups excluding tert-OH is 1. The highest BCUT2D eigenvalue weighted by Crippen LogP contribution is 2.68. The third kappa shape index (κ3) is 1.61. The summed E-state index contributed by atoms with van der Waals surface area (Å²) in [6, 6.07) is 0. The minimum Gasteiger partial charge on any atom is -0.460 e. The van der Waals surface area contributed by atoms with Gasteiger partial charge in [0.25, 0.3) is 0 Å². The zero-order chi connectivity index (χ0) is 19.3. The number of rotatable bonds is 1. The van der Waals surface area contributed by atoms with Crippen molar-refractivity contribution in [3.8, 4) is 0 Å². The summed E-state index contributed by atoms with van der Waals surface area (Å²) in [6.07, 6.45) is 1.38. The molecule has 26 heavy (non-hydrogen) atoms. The molecule has 3 saturated carbocycles. The van der Waals surface area contributed by atoms with Crippen LogP contribution in [0.15, 0.2) is 12.7 Å². The van der Waals surface area contributed by atoms with Crippen LogP contribution in [0.2, 0.25) is 0 Å². The number of carbonyl (C=O) groups is 2. The zero-order valence-electron chi connectivity index (χ0n) is 15.6. The fourth-order valence-electron chi connectivity index (χ4n) is 6.77. The van der Waals surface area contributed by atoms with Gasteiger partial charge in [0.15, 0.2) is 5.78 Å². The van der Waals surface area contributed by atoms with Gasteiger partial charge in [-0.1, -0.05) is 19.9 Å². The van der Waals surface area contributed by atoms with Crippen molar-refractivity contribution in [2.75, 3.05) is 0 Å². The van der Waals surface area contributed by atoms with Crippen molar-refractivity contribution >= 4 is 11.8 Å². The summed E-state index contributed by atoms with van der Waals surface area (Å²) < 4.78 is 5.23. The maximum Gasteiger partial charge on any atom is 0.319 e. The number of aliphatic hydroxyl groups is 3. The van der Waals surface area contributed by atoms with Crippen LogP contribution in [-0.4, -0.2) is 50.5 Å². The van der Waals surface area contributed by atoms with Crippen LogP contribution in [0.3, 0.4) is 0 Å². The molecule has 6 heteroatoms. The molecular formula is C20H28O6. The number of fused-ring (bicyclic) bond motifs is 5. The summed E-state index contributed by atoms with van der Waals surface area (Å²) in [5.41, 5.74) is -5.34. The molecule has 3 N–H and O–H groups in total. The molecule has 0 aromatic rings. The molecule has 6 nitrogen and oxygen atoms in total. The van der Waals surface area contributed by atoms with E-state index in [1.54, 1.807) is 6.92 Å². The third-order valence-corrected chi connectivity index (χ3v) is 8.69. The van der Waals surface area contributed by atoms with E-state index in [0.717, 1.165) is 0 Å². The Morgan fingerprint density at radius 1 is 1.27 bits per heavy atom. The molecule has 4 rings (SSSR count). The lowest BCUT2D eigenvalue weighted by molar-refractivity contribution is -0.304. The number of Topliss-reactive ketones (excluding diaryl/α,β-unsaturated/α-hetero) is 1. The molecule has 0 radical (unpaired) electrons. The fraction of sp³-hybridized carbons (Fsp3) is 0.800. The maximum atomic E-state index is 13.2. The molecule has 4 fully saturated rings. The van der Waals surface area contributed by atoms with Crippen molar-refractivity contribution in [3.05, 3.63) is 12.7 Å². The Labute approximate surface area is 153 Å². The summed E-state index contributed by atoms with van der Waals surface area (Å²) in [6.45, 7) is 9.01. The van der Waals surface area contributed by atoms with Crippen LogP contribution in [-0.2, 0) is 14.3 Å². The first-order chi connectivity index (χ1) is 12.0. The molecule has 1 aliphatic heterocycles. The normalized spacial score (nSPS) is 58.6. The van der Waals surface area contributed by atoms with Gasteiger partial charge in [-0.15, -0.1) is 6.58 Å². The van der Waals surface area contributed by atoms with Crippen LogP contribution >= 0.6 is 0 Å². The Hall–Kier alpha value is -1.24. The topological polar surface area (TPSA) is 104 Å². The molecule has 4 aliphatic rings. The highest BCUT2D eigenvalue weighted by molar-refractivity contribution is 5.99. The number of hydrogen-bond donors (Lipinski definition) is 3. The Bertz CT molecular complexity index is 704. The summed E-state index contributed by atoms with van der Waals surface area (Å²) >= 11 is 0.